The number of halogens is 2. The topological polar surface area (TPSA) is 84.0 Å². The molecule has 7 nitrogen and oxygen atoms in total. The number of anilines is 2. The van der Waals surface area contributed by atoms with Crippen LogP contribution in [0.4, 0.5) is 11.4 Å². The van der Waals surface area contributed by atoms with Crippen molar-refractivity contribution in [2.75, 3.05) is 16.3 Å². The van der Waals surface area contributed by atoms with Crippen molar-refractivity contribution in [3.05, 3.63) is 52.0 Å². The van der Waals surface area contributed by atoms with Gasteiger partial charge in [0.05, 0.1) is 34.2 Å². The van der Waals surface area contributed by atoms with E-state index in [1.54, 1.807) is 43.3 Å². The van der Waals surface area contributed by atoms with Gasteiger partial charge in [-0.15, -0.1) is 0 Å². The molecule has 1 saturated carbocycles. The second kappa shape index (κ2) is 9.52. The van der Waals surface area contributed by atoms with Gasteiger partial charge in [-0.25, -0.2) is 4.90 Å². The summed E-state index contributed by atoms with van der Waals surface area (Å²) in [6, 6.07) is 9.69. The van der Waals surface area contributed by atoms with Crippen molar-refractivity contribution >= 4 is 58.3 Å². The minimum atomic E-state index is -0.667. The minimum Gasteiger partial charge on any atom is -0.426 e. The third kappa shape index (κ3) is 4.39. The van der Waals surface area contributed by atoms with E-state index in [9.17, 15) is 19.2 Å². The molecule has 188 valence electrons. The molecular weight excluding hydrogens is 503 g/mol. The molecule has 3 fully saturated rings. The first kappa shape index (κ1) is 24.8. The number of carbonyl (C=O) groups excluding carboxylic acids is 4. The average Bonchev–Trinajstić information content (AvgIpc) is 3.33. The van der Waals surface area contributed by atoms with Crippen LogP contribution >= 0.6 is 23.2 Å². The van der Waals surface area contributed by atoms with E-state index in [4.69, 9.17) is 27.9 Å². The maximum absolute atomic E-state index is 13.1. The molecule has 0 N–H and O–H groups in total. The molecule has 9 heteroatoms. The number of imide groups is 1. The molecule has 2 aliphatic heterocycles. The SMILES string of the molecule is Cc1cc(OC(=O)[C@@H]2CC(=O)N(c3cc(Cl)ccc3Cl)C2)ccc1N1C(=O)[C@@H]2CC[C@H](C)C[C@H]2C1=O. The predicted molar refractivity (Wildman–Crippen MR) is 136 cm³/mol. The number of aryl methyl sites for hydroxylation is 1. The van der Waals surface area contributed by atoms with Crippen molar-refractivity contribution in [1.29, 1.82) is 0 Å². The van der Waals surface area contributed by atoms with E-state index < -0.39 is 11.9 Å². The maximum Gasteiger partial charge on any atom is 0.316 e. The summed E-state index contributed by atoms with van der Waals surface area (Å²) in [5, 5.41) is 0.806. The highest BCUT2D eigenvalue weighted by molar-refractivity contribution is 6.36. The number of hydrogen-bond acceptors (Lipinski definition) is 5. The molecule has 1 aliphatic carbocycles. The molecule has 36 heavy (non-hydrogen) atoms. The second-order valence-electron chi connectivity index (χ2n) is 10.0. The standard InChI is InChI=1S/C27H26Cl2N2O5/c1-14-3-6-19-20(9-14)26(34)31(25(19)33)22-8-5-18(10-15(22)2)36-27(35)16-11-24(32)30(13-16)23-12-17(28)4-7-21(23)29/h4-5,7-8,10,12,14,16,19-20H,3,6,9,11,13H2,1-2H3/t14-,16+,19+,20+/m0/s1. The molecule has 0 radical (unpaired) electrons. The fourth-order valence-corrected chi connectivity index (χ4v) is 5.95. The monoisotopic (exact) mass is 528 g/mol. The van der Waals surface area contributed by atoms with Crippen molar-refractivity contribution < 1.29 is 23.9 Å². The third-order valence-corrected chi connectivity index (χ3v) is 8.03. The Morgan fingerprint density at radius 1 is 0.972 bits per heavy atom. The van der Waals surface area contributed by atoms with Crippen molar-refractivity contribution in [3.63, 3.8) is 0 Å². The van der Waals surface area contributed by atoms with Crippen molar-refractivity contribution in [3.8, 4) is 5.75 Å². The number of nitrogens with zero attached hydrogens (tertiary/aromatic N) is 2. The van der Waals surface area contributed by atoms with E-state index in [0.717, 1.165) is 19.3 Å². The Balaban J connectivity index is 1.29. The van der Waals surface area contributed by atoms with E-state index in [-0.39, 0.29) is 48.3 Å². The third-order valence-electron chi connectivity index (χ3n) is 7.47. The summed E-state index contributed by atoms with van der Waals surface area (Å²) >= 11 is 12.3. The molecule has 0 spiro atoms. The second-order valence-corrected chi connectivity index (χ2v) is 10.9. The van der Waals surface area contributed by atoms with Crippen LogP contribution in [-0.2, 0) is 19.2 Å². The summed E-state index contributed by atoms with van der Waals surface area (Å²) in [7, 11) is 0. The summed E-state index contributed by atoms with van der Waals surface area (Å²) in [4.78, 5) is 54.3. The van der Waals surface area contributed by atoms with Gasteiger partial charge in [0.15, 0.2) is 0 Å². The number of rotatable bonds is 4. The van der Waals surface area contributed by atoms with Gasteiger partial charge in [-0.05, 0) is 74.1 Å². The van der Waals surface area contributed by atoms with Crippen LogP contribution in [0.3, 0.4) is 0 Å². The van der Waals surface area contributed by atoms with Crippen LogP contribution in [0.25, 0.3) is 0 Å². The zero-order valence-electron chi connectivity index (χ0n) is 20.0. The first-order valence-corrected chi connectivity index (χ1v) is 12.8. The first-order valence-electron chi connectivity index (χ1n) is 12.1. The number of fused-ring (bicyclic) bond motifs is 1. The van der Waals surface area contributed by atoms with Gasteiger partial charge in [0.1, 0.15) is 5.75 Å². The van der Waals surface area contributed by atoms with E-state index in [1.807, 2.05) is 0 Å². The number of carbonyl (C=O) groups is 4. The molecule has 0 bridgehead atoms. The van der Waals surface area contributed by atoms with Gasteiger partial charge in [-0.1, -0.05) is 30.1 Å². The number of benzene rings is 2. The number of ether oxygens (including phenoxy) is 1. The van der Waals surface area contributed by atoms with E-state index in [2.05, 4.69) is 6.92 Å². The fourth-order valence-electron chi connectivity index (χ4n) is 5.56. The zero-order valence-corrected chi connectivity index (χ0v) is 21.5. The molecular formula is C27H26Cl2N2O5. The molecule has 0 aromatic heterocycles. The van der Waals surface area contributed by atoms with Crippen molar-refractivity contribution in [2.24, 2.45) is 23.7 Å². The van der Waals surface area contributed by atoms with Crippen molar-refractivity contribution in [2.45, 2.75) is 39.5 Å². The van der Waals surface area contributed by atoms with Gasteiger partial charge in [-0.3, -0.25) is 19.2 Å². The summed E-state index contributed by atoms with van der Waals surface area (Å²) in [5.41, 5.74) is 1.63. The van der Waals surface area contributed by atoms with E-state index in [1.165, 1.54) is 9.80 Å². The lowest BCUT2D eigenvalue weighted by molar-refractivity contribution is -0.139. The Hall–Kier alpha value is -2.90. The Kier molecular flexibility index (Phi) is 6.55. The maximum atomic E-state index is 13.1. The molecule has 4 atom stereocenters. The van der Waals surface area contributed by atoms with Gasteiger partial charge >= 0.3 is 5.97 Å². The van der Waals surface area contributed by atoms with Gasteiger partial charge in [0.2, 0.25) is 17.7 Å². The summed E-state index contributed by atoms with van der Waals surface area (Å²) in [6.07, 6.45) is 2.42. The Morgan fingerprint density at radius 3 is 2.47 bits per heavy atom. The predicted octanol–water partition coefficient (Wildman–Crippen LogP) is 5.19. The smallest absolute Gasteiger partial charge is 0.316 e. The van der Waals surface area contributed by atoms with Crippen LogP contribution in [0, 0.1) is 30.6 Å². The molecule has 2 aromatic rings. The fraction of sp³-hybridized carbons (Fsp3) is 0.407. The summed E-state index contributed by atoms with van der Waals surface area (Å²) < 4.78 is 5.58. The normalized spacial score (nSPS) is 25.9. The van der Waals surface area contributed by atoms with Gasteiger partial charge < -0.3 is 9.64 Å². The van der Waals surface area contributed by atoms with E-state index >= 15 is 0 Å². The summed E-state index contributed by atoms with van der Waals surface area (Å²) in [5.74, 6) is -1.52. The van der Waals surface area contributed by atoms with E-state index in [0.29, 0.717) is 32.9 Å². The molecule has 2 saturated heterocycles. The Morgan fingerprint density at radius 2 is 1.72 bits per heavy atom. The minimum absolute atomic E-state index is 0.00325. The Labute approximate surface area is 219 Å². The molecule has 3 aliphatic rings. The van der Waals surface area contributed by atoms with Crippen molar-refractivity contribution in [1.82, 2.24) is 0 Å². The van der Waals surface area contributed by atoms with Gasteiger partial charge in [0, 0.05) is 18.0 Å². The molecule has 5 rings (SSSR count). The lowest BCUT2D eigenvalue weighted by Gasteiger charge is -2.25. The molecule has 2 heterocycles. The first-order chi connectivity index (χ1) is 17.1. The Bertz CT molecular complexity index is 1280. The van der Waals surface area contributed by atoms with Gasteiger partial charge in [0.25, 0.3) is 0 Å². The van der Waals surface area contributed by atoms with Crippen LogP contribution < -0.4 is 14.5 Å². The number of hydrogen-bond donors (Lipinski definition) is 0. The van der Waals surface area contributed by atoms with Crippen LogP contribution in [0.5, 0.6) is 5.75 Å². The number of amides is 3. The summed E-state index contributed by atoms with van der Waals surface area (Å²) in [6.45, 7) is 4.03. The molecule has 3 amide bonds. The quantitative estimate of drug-likeness (QED) is 0.310. The largest absolute Gasteiger partial charge is 0.426 e. The lowest BCUT2D eigenvalue weighted by Crippen LogP contribution is -2.31. The highest BCUT2D eigenvalue weighted by Crippen LogP contribution is 2.43. The highest BCUT2D eigenvalue weighted by atomic mass is 35.5. The van der Waals surface area contributed by atoms with Crippen LogP contribution in [0.2, 0.25) is 10.0 Å². The van der Waals surface area contributed by atoms with Crippen LogP contribution in [0.1, 0.15) is 38.2 Å². The van der Waals surface area contributed by atoms with Crippen LogP contribution in [0.15, 0.2) is 36.4 Å². The van der Waals surface area contributed by atoms with Gasteiger partial charge in [-0.2, -0.15) is 0 Å². The molecule has 0 unspecified atom stereocenters. The average molecular weight is 529 g/mol. The zero-order chi connectivity index (χ0) is 25.7. The number of esters is 1. The lowest BCUT2D eigenvalue weighted by atomic mass is 9.76. The van der Waals surface area contributed by atoms with Crippen LogP contribution in [-0.4, -0.2) is 30.2 Å². The molecule has 2 aromatic carbocycles. The highest BCUT2D eigenvalue weighted by Gasteiger charge is 2.50.